The lowest BCUT2D eigenvalue weighted by atomic mass is 10.3. The highest BCUT2D eigenvalue weighted by molar-refractivity contribution is 7.80. The molecule has 0 aliphatic carbocycles. The van der Waals surface area contributed by atoms with Gasteiger partial charge in [0.1, 0.15) is 11.6 Å². The molecule has 0 aliphatic rings. The van der Waals surface area contributed by atoms with Gasteiger partial charge in [-0.25, -0.2) is 4.39 Å². The van der Waals surface area contributed by atoms with Crippen molar-refractivity contribution in [3.63, 3.8) is 0 Å². The van der Waals surface area contributed by atoms with Gasteiger partial charge in [-0.1, -0.05) is 11.6 Å². The van der Waals surface area contributed by atoms with Crippen LogP contribution in [0.1, 0.15) is 5.76 Å². The smallest absolute Gasteiger partial charge is 0.171 e. The van der Waals surface area contributed by atoms with Crippen molar-refractivity contribution < 1.29 is 8.81 Å². The molecule has 3 nitrogen and oxygen atoms in total. The van der Waals surface area contributed by atoms with Crippen molar-refractivity contribution in [3.8, 4) is 0 Å². The lowest BCUT2D eigenvalue weighted by Crippen LogP contribution is -2.27. The van der Waals surface area contributed by atoms with Gasteiger partial charge in [0.25, 0.3) is 0 Å². The standard InChI is InChI=1S/C12H10ClFN2OS/c13-10-6-8(14)3-4-11(10)16-12(18)15-7-9-2-1-5-17-9/h1-6H,7H2,(H2,15,16,18). The molecule has 2 rings (SSSR count). The Morgan fingerprint density at radius 1 is 1.39 bits per heavy atom. The fourth-order valence-corrected chi connectivity index (χ4v) is 1.73. The Bertz CT molecular complexity index is 545. The van der Waals surface area contributed by atoms with Crippen LogP contribution in [0.5, 0.6) is 0 Å². The van der Waals surface area contributed by atoms with Crippen LogP contribution >= 0.6 is 23.8 Å². The molecule has 1 aromatic heterocycles. The monoisotopic (exact) mass is 284 g/mol. The quantitative estimate of drug-likeness (QED) is 0.845. The number of benzene rings is 1. The zero-order chi connectivity index (χ0) is 13.0. The van der Waals surface area contributed by atoms with Crippen molar-refractivity contribution in [2.75, 3.05) is 5.32 Å². The molecule has 0 atom stereocenters. The Morgan fingerprint density at radius 3 is 2.89 bits per heavy atom. The van der Waals surface area contributed by atoms with E-state index in [9.17, 15) is 4.39 Å². The van der Waals surface area contributed by atoms with E-state index in [1.165, 1.54) is 18.2 Å². The topological polar surface area (TPSA) is 37.2 Å². The summed E-state index contributed by atoms with van der Waals surface area (Å²) in [5, 5.41) is 6.49. The van der Waals surface area contributed by atoms with E-state index in [4.69, 9.17) is 28.2 Å². The van der Waals surface area contributed by atoms with Crippen LogP contribution in [-0.4, -0.2) is 5.11 Å². The van der Waals surface area contributed by atoms with Crippen LogP contribution in [-0.2, 0) is 6.54 Å². The van der Waals surface area contributed by atoms with Crippen LogP contribution in [0.3, 0.4) is 0 Å². The summed E-state index contributed by atoms with van der Waals surface area (Å²) in [4.78, 5) is 0. The molecule has 1 heterocycles. The van der Waals surface area contributed by atoms with E-state index >= 15 is 0 Å². The first kappa shape index (κ1) is 12.9. The molecule has 2 aromatic rings. The second-order valence-electron chi connectivity index (χ2n) is 3.51. The predicted molar refractivity (Wildman–Crippen MR) is 73.2 cm³/mol. The Labute approximate surface area is 114 Å². The van der Waals surface area contributed by atoms with Gasteiger partial charge in [0.2, 0.25) is 0 Å². The van der Waals surface area contributed by atoms with E-state index in [0.717, 1.165) is 5.76 Å². The molecule has 94 valence electrons. The van der Waals surface area contributed by atoms with Crippen molar-refractivity contribution >= 4 is 34.6 Å². The van der Waals surface area contributed by atoms with Gasteiger partial charge in [-0.15, -0.1) is 0 Å². The molecular weight excluding hydrogens is 275 g/mol. The van der Waals surface area contributed by atoms with Crippen molar-refractivity contribution in [2.45, 2.75) is 6.54 Å². The van der Waals surface area contributed by atoms with Crippen LogP contribution in [0.4, 0.5) is 10.1 Å². The van der Waals surface area contributed by atoms with Gasteiger partial charge in [-0.3, -0.25) is 0 Å². The SMILES string of the molecule is Fc1ccc(NC(=S)NCc2ccco2)c(Cl)c1. The van der Waals surface area contributed by atoms with Gasteiger partial charge in [0.05, 0.1) is 23.5 Å². The number of hydrogen-bond acceptors (Lipinski definition) is 2. The van der Waals surface area contributed by atoms with Gasteiger partial charge in [-0.05, 0) is 42.5 Å². The second kappa shape index (κ2) is 5.84. The maximum Gasteiger partial charge on any atom is 0.171 e. The number of hydrogen-bond donors (Lipinski definition) is 2. The molecule has 0 saturated heterocycles. The molecule has 0 unspecified atom stereocenters. The Hall–Kier alpha value is -1.59. The van der Waals surface area contributed by atoms with E-state index in [1.807, 2.05) is 6.07 Å². The molecule has 0 aliphatic heterocycles. The first-order chi connectivity index (χ1) is 8.65. The molecule has 1 aromatic carbocycles. The number of nitrogens with one attached hydrogen (secondary N) is 2. The molecule has 0 fully saturated rings. The van der Waals surface area contributed by atoms with E-state index in [2.05, 4.69) is 10.6 Å². The van der Waals surface area contributed by atoms with Crippen LogP contribution in [0.25, 0.3) is 0 Å². The van der Waals surface area contributed by atoms with E-state index in [-0.39, 0.29) is 10.8 Å². The number of halogens is 2. The third-order valence-corrected chi connectivity index (χ3v) is 2.74. The Morgan fingerprint density at radius 2 is 2.22 bits per heavy atom. The largest absolute Gasteiger partial charge is 0.467 e. The minimum absolute atomic E-state index is 0.275. The summed E-state index contributed by atoms with van der Waals surface area (Å²) in [6.07, 6.45) is 1.59. The van der Waals surface area contributed by atoms with Crippen molar-refractivity contribution in [1.82, 2.24) is 5.32 Å². The van der Waals surface area contributed by atoms with Crippen LogP contribution < -0.4 is 10.6 Å². The van der Waals surface area contributed by atoms with Gasteiger partial charge in [0, 0.05) is 0 Å². The molecule has 0 bridgehead atoms. The van der Waals surface area contributed by atoms with Gasteiger partial charge < -0.3 is 15.1 Å². The number of furan rings is 1. The zero-order valence-corrected chi connectivity index (χ0v) is 10.8. The van der Waals surface area contributed by atoms with E-state index < -0.39 is 0 Å². The lowest BCUT2D eigenvalue weighted by molar-refractivity contribution is 0.503. The normalized spacial score (nSPS) is 10.1. The predicted octanol–water partition coefficient (Wildman–Crippen LogP) is 3.56. The number of anilines is 1. The maximum atomic E-state index is 12.8. The molecule has 0 spiro atoms. The van der Waals surface area contributed by atoms with E-state index in [1.54, 1.807) is 12.3 Å². The Balaban J connectivity index is 1.91. The first-order valence-corrected chi connectivity index (χ1v) is 5.96. The third-order valence-electron chi connectivity index (χ3n) is 2.18. The van der Waals surface area contributed by atoms with Gasteiger partial charge in [-0.2, -0.15) is 0 Å². The fourth-order valence-electron chi connectivity index (χ4n) is 1.34. The molecule has 0 amide bonds. The summed E-state index contributed by atoms with van der Waals surface area (Å²) in [6, 6.07) is 7.69. The summed E-state index contributed by atoms with van der Waals surface area (Å²) in [5.41, 5.74) is 0.551. The summed E-state index contributed by atoms with van der Waals surface area (Å²) >= 11 is 11.0. The zero-order valence-electron chi connectivity index (χ0n) is 9.24. The minimum atomic E-state index is -0.389. The minimum Gasteiger partial charge on any atom is -0.467 e. The van der Waals surface area contributed by atoms with Gasteiger partial charge in [0.15, 0.2) is 5.11 Å². The summed E-state index contributed by atoms with van der Waals surface area (Å²) < 4.78 is 18.0. The summed E-state index contributed by atoms with van der Waals surface area (Å²) in [7, 11) is 0. The number of rotatable bonds is 3. The molecular formula is C12H10ClFN2OS. The summed E-state index contributed by atoms with van der Waals surface area (Å²) in [5.74, 6) is 0.379. The average Bonchev–Trinajstić information content (AvgIpc) is 2.83. The maximum absolute atomic E-state index is 12.8. The highest BCUT2D eigenvalue weighted by Gasteiger charge is 2.04. The van der Waals surface area contributed by atoms with Crippen molar-refractivity contribution in [3.05, 3.63) is 53.2 Å². The number of thiocarbonyl (C=S) groups is 1. The molecule has 0 saturated carbocycles. The Kier molecular flexibility index (Phi) is 4.17. The van der Waals surface area contributed by atoms with E-state index in [0.29, 0.717) is 17.3 Å². The molecule has 18 heavy (non-hydrogen) atoms. The molecule has 6 heteroatoms. The fraction of sp³-hybridized carbons (Fsp3) is 0.0833. The second-order valence-corrected chi connectivity index (χ2v) is 4.33. The van der Waals surface area contributed by atoms with Crippen LogP contribution in [0.15, 0.2) is 41.0 Å². The lowest BCUT2D eigenvalue weighted by Gasteiger charge is -2.10. The molecule has 0 radical (unpaired) electrons. The van der Waals surface area contributed by atoms with Crippen molar-refractivity contribution in [1.29, 1.82) is 0 Å². The van der Waals surface area contributed by atoms with Crippen LogP contribution in [0, 0.1) is 5.82 Å². The van der Waals surface area contributed by atoms with Gasteiger partial charge >= 0.3 is 0 Å². The molecule has 2 N–H and O–H groups in total. The highest BCUT2D eigenvalue weighted by atomic mass is 35.5. The highest BCUT2D eigenvalue weighted by Crippen LogP contribution is 2.22. The van der Waals surface area contributed by atoms with Crippen molar-refractivity contribution in [2.24, 2.45) is 0 Å². The first-order valence-electron chi connectivity index (χ1n) is 5.17. The van der Waals surface area contributed by atoms with Crippen LogP contribution in [0.2, 0.25) is 5.02 Å². The summed E-state index contributed by atoms with van der Waals surface area (Å²) in [6.45, 7) is 0.470. The third kappa shape index (κ3) is 3.45. The average molecular weight is 285 g/mol.